The first kappa shape index (κ1) is 14.2. The van der Waals surface area contributed by atoms with E-state index in [1.54, 1.807) is 6.07 Å². The van der Waals surface area contributed by atoms with Crippen LogP contribution < -0.4 is 0 Å². The van der Waals surface area contributed by atoms with Crippen LogP contribution in [0.2, 0.25) is 0 Å². The fourth-order valence-corrected chi connectivity index (χ4v) is 3.77. The summed E-state index contributed by atoms with van der Waals surface area (Å²) >= 11 is 0. The van der Waals surface area contributed by atoms with Crippen LogP contribution in [0.1, 0.15) is 61.1 Å². The van der Waals surface area contributed by atoms with Gasteiger partial charge in [-0.15, -0.1) is 0 Å². The molecule has 0 spiro atoms. The number of rotatable bonds is 3. The van der Waals surface area contributed by atoms with Gasteiger partial charge in [-0.1, -0.05) is 32.9 Å². The number of hydrogen-bond acceptors (Lipinski definition) is 1. The molecule has 0 amide bonds. The molecule has 21 heavy (non-hydrogen) atoms. The van der Waals surface area contributed by atoms with E-state index in [2.05, 4.69) is 31.4 Å². The third kappa shape index (κ3) is 2.25. The first-order chi connectivity index (χ1) is 10.0. The molecule has 0 fully saturated rings. The van der Waals surface area contributed by atoms with E-state index in [0.717, 1.165) is 23.9 Å². The van der Waals surface area contributed by atoms with Gasteiger partial charge in [0.1, 0.15) is 0 Å². The lowest BCUT2D eigenvalue weighted by molar-refractivity contribution is 0.0698. The molecular weight excluding hydrogens is 262 g/mol. The summed E-state index contributed by atoms with van der Waals surface area (Å²) < 4.78 is 2.29. The Morgan fingerprint density at radius 1 is 1.43 bits per heavy atom. The highest BCUT2D eigenvalue weighted by Crippen LogP contribution is 2.39. The van der Waals surface area contributed by atoms with Gasteiger partial charge in [-0.25, -0.2) is 4.79 Å². The molecule has 0 aliphatic heterocycles. The number of fused-ring (bicyclic) bond motifs is 3. The lowest BCUT2D eigenvalue weighted by atomic mass is 9.88. The van der Waals surface area contributed by atoms with Gasteiger partial charge in [0, 0.05) is 17.6 Å². The zero-order valence-corrected chi connectivity index (χ0v) is 13.0. The quantitative estimate of drug-likeness (QED) is 0.906. The summed E-state index contributed by atoms with van der Waals surface area (Å²) in [5.74, 6) is 0.190. The first-order valence-electron chi connectivity index (χ1n) is 7.88. The van der Waals surface area contributed by atoms with Gasteiger partial charge in [0.15, 0.2) is 0 Å². The summed E-state index contributed by atoms with van der Waals surface area (Å²) in [7, 11) is 0. The smallest absolute Gasteiger partial charge is 0.337 e. The van der Waals surface area contributed by atoms with Gasteiger partial charge in [-0.2, -0.15) is 0 Å². The maximum absolute atomic E-state index is 11.6. The summed E-state index contributed by atoms with van der Waals surface area (Å²) in [6.07, 6.45) is 3.47. The second-order valence-electron chi connectivity index (χ2n) is 6.67. The van der Waals surface area contributed by atoms with Crippen LogP contribution in [0.4, 0.5) is 0 Å². The second kappa shape index (κ2) is 5.21. The van der Waals surface area contributed by atoms with Gasteiger partial charge in [-0.3, -0.25) is 0 Å². The third-order valence-electron chi connectivity index (χ3n) is 4.54. The monoisotopic (exact) mass is 285 g/mol. The first-order valence-corrected chi connectivity index (χ1v) is 7.88. The zero-order valence-electron chi connectivity index (χ0n) is 13.0. The summed E-state index contributed by atoms with van der Waals surface area (Å²) in [5, 5.41) is 10.7. The van der Waals surface area contributed by atoms with E-state index in [4.69, 9.17) is 0 Å². The summed E-state index contributed by atoms with van der Waals surface area (Å²) in [6, 6.07) is 5.71. The molecule has 1 heterocycles. The van der Waals surface area contributed by atoms with Crippen LogP contribution in [0.15, 0.2) is 18.2 Å². The molecule has 0 saturated carbocycles. The van der Waals surface area contributed by atoms with E-state index in [9.17, 15) is 9.90 Å². The van der Waals surface area contributed by atoms with Crippen LogP contribution >= 0.6 is 0 Å². The Labute approximate surface area is 125 Å². The van der Waals surface area contributed by atoms with Crippen LogP contribution in [-0.2, 0) is 13.0 Å². The molecule has 3 nitrogen and oxygen atoms in total. The van der Waals surface area contributed by atoms with Crippen molar-refractivity contribution < 1.29 is 9.90 Å². The van der Waals surface area contributed by atoms with Crippen LogP contribution in [0.25, 0.3) is 10.9 Å². The van der Waals surface area contributed by atoms with Crippen molar-refractivity contribution in [1.29, 1.82) is 0 Å². The molecule has 2 aromatic rings. The summed E-state index contributed by atoms with van der Waals surface area (Å²) in [6.45, 7) is 7.54. The number of nitrogens with zero attached hydrogens (tertiary/aromatic N) is 1. The van der Waals surface area contributed by atoms with Gasteiger partial charge in [0.25, 0.3) is 0 Å². The minimum atomic E-state index is -0.826. The van der Waals surface area contributed by atoms with Gasteiger partial charge in [-0.05, 0) is 42.7 Å². The van der Waals surface area contributed by atoms with Gasteiger partial charge in [0.2, 0.25) is 0 Å². The third-order valence-corrected chi connectivity index (χ3v) is 4.54. The van der Waals surface area contributed by atoms with E-state index < -0.39 is 5.97 Å². The predicted octanol–water partition coefficient (Wildman–Crippen LogP) is 4.44. The molecule has 1 aromatic carbocycles. The largest absolute Gasteiger partial charge is 0.478 e. The number of carboxylic acids is 1. The molecule has 0 saturated heterocycles. The number of aryl methyl sites for hydroxylation is 1. The Morgan fingerprint density at radius 2 is 2.19 bits per heavy atom. The lowest BCUT2D eigenvalue weighted by Gasteiger charge is -2.23. The summed E-state index contributed by atoms with van der Waals surface area (Å²) in [5.41, 5.74) is 4.12. The maximum atomic E-state index is 11.6. The number of carbonyl (C=O) groups is 1. The van der Waals surface area contributed by atoms with Crippen LogP contribution in [0.5, 0.6) is 0 Å². The Kier molecular flexibility index (Phi) is 3.52. The van der Waals surface area contributed by atoms with Crippen LogP contribution in [0.3, 0.4) is 0 Å². The molecule has 1 aliphatic carbocycles. The zero-order chi connectivity index (χ0) is 15.1. The standard InChI is InChI=1S/C18H23NO2/c1-11(2)10-19-16-12(3)6-4-7-13(16)14-8-5-9-15(17(14)19)18(20)21/h5,8-9,11-12H,4,6-7,10H2,1-3H3,(H,20,21). The topological polar surface area (TPSA) is 42.2 Å². The van der Waals surface area contributed by atoms with Gasteiger partial charge < -0.3 is 9.67 Å². The van der Waals surface area contributed by atoms with Crippen molar-refractivity contribution in [3.05, 3.63) is 35.0 Å². The Bertz CT molecular complexity index is 697. The fourth-order valence-electron chi connectivity index (χ4n) is 3.77. The van der Waals surface area contributed by atoms with Gasteiger partial charge >= 0.3 is 5.97 Å². The maximum Gasteiger partial charge on any atom is 0.337 e. The molecule has 1 aromatic heterocycles. The summed E-state index contributed by atoms with van der Waals surface area (Å²) in [4.78, 5) is 11.6. The number of para-hydroxylation sites is 1. The molecule has 1 unspecified atom stereocenters. The van der Waals surface area contributed by atoms with Gasteiger partial charge in [0.05, 0.1) is 11.1 Å². The molecule has 1 atom stereocenters. The predicted molar refractivity (Wildman–Crippen MR) is 85.1 cm³/mol. The van der Waals surface area contributed by atoms with Crippen molar-refractivity contribution >= 4 is 16.9 Å². The number of aromatic carboxylic acids is 1. The van der Waals surface area contributed by atoms with E-state index in [1.165, 1.54) is 24.1 Å². The molecule has 0 bridgehead atoms. The van der Waals surface area contributed by atoms with Crippen molar-refractivity contribution in [2.45, 2.75) is 52.5 Å². The Balaban J connectivity index is 2.37. The molecule has 112 valence electrons. The van der Waals surface area contributed by atoms with Crippen molar-refractivity contribution in [2.75, 3.05) is 0 Å². The van der Waals surface area contributed by atoms with Crippen molar-refractivity contribution in [1.82, 2.24) is 4.57 Å². The number of carboxylic acid groups (broad SMARTS) is 1. The minimum absolute atomic E-state index is 0.440. The van der Waals surface area contributed by atoms with E-state index in [0.29, 0.717) is 17.4 Å². The van der Waals surface area contributed by atoms with E-state index in [1.807, 2.05) is 6.07 Å². The van der Waals surface area contributed by atoms with Crippen molar-refractivity contribution in [3.63, 3.8) is 0 Å². The molecule has 1 N–H and O–H groups in total. The highest BCUT2D eigenvalue weighted by Gasteiger charge is 2.27. The number of hydrogen-bond donors (Lipinski definition) is 1. The SMILES string of the molecule is CC(C)Cn1c2c(c3cccc(C(=O)O)c31)CCCC2C. The van der Waals surface area contributed by atoms with Crippen LogP contribution in [-0.4, -0.2) is 15.6 Å². The number of aromatic nitrogens is 1. The molecule has 0 radical (unpaired) electrons. The van der Waals surface area contributed by atoms with Crippen molar-refractivity contribution in [3.8, 4) is 0 Å². The molecule has 3 rings (SSSR count). The average molecular weight is 285 g/mol. The Morgan fingerprint density at radius 3 is 2.86 bits per heavy atom. The van der Waals surface area contributed by atoms with E-state index in [-0.39, 0.29) is 0 Å². The second-order valence-corrected chi connectivity index (χ2v) is 6.67. The average Bonchev–Trinajstić information content (AvgIpc) is 2.74. The fraction of sp³-hybridized carbons (Fsp3) is 0.500. The normalized spacial score (nSPS) is 18.2. The van der Waals surface area contributed by atoms with Crippen molar-refractivity contribution in [2.24, 2.45) is 5.92 Å². The molecular formula is C18H23NO2. The van der Waals surface area contributed by atoms with Crippen LogP contribution in [0, 0.1) is 5.92 Å². The molecule has 1 aliphatic rings. The van der Waals surface area contributed by atoms with E-state index >= 15 is 0 Å². The number of benzene rings is 1. The highest BCUT2D eigenvalue weighted by atomic mass is 16.4. The molecule has 3 heteroatoms. The highest BCUT2D eigenvalue weighted by molar-refractivity contribution is 6.04. The lowest BCUT2D eigenvalue weighted by Crippen LogP contribution is -2.15. The Hall–Kier alpha value is -1.77. The minimum Gasteiger partial charge on any atom is -0.478 e.